The van der Waals surface area contributed by atoms with Gasteiger partial charge in [0, 0.05) is 0 Å². The zero-order valence-corrected chi connectivity index (χ0v) is 7.69. The van der Waals surface area contributed by atoms with Crippen molar-refractivity contribution in [3.05, 3.63) is 16.6 Å². The fraction of sp³-hybridized carbons (Fsp3) is 0.167. The van der Waals surface area contributed by atoms with E-state index in [1.165, 1.54) is 12.1 Å². The van der Waals surface area contributed by atoms with E-state index in [-0.39, 0.29) is 10.3 Å². The van der Waals surface area contributed by atoms with Crippen molar-refractivity contribution in [2.45, 2.75) is 6.36 Å². The van der Waals surface area contributed by atoms with E-state index in [9.17, 15) is 13.2 Å². The van der Waals surface area contributed by atoms with Crippen molar-refractivity contribution >= 4 is 21.7 Å². The van der Waals surface area contributed by atoms with Crippen LogP contribution in [0.2, 0.25) is 0 Å². The average Bonchev–Trinajstić information content (AvgIpc) is 1.94. The number of alkyl halides is 3. The molecule has 3 nitrogen and oxygen atoms in total. The Labute approximate surface area is 79.8 Å². The van der Waals surface area contributed by atoms with Crippen LogP contribution in [0.15, 0.2) is 16.6 Å². The second-order valence-corrected chi connectivity index (χ2v) is 2.93. The molecule has 0 atom stereocenters. The highest BCUT2D eigenvalue weighted by atomic mass is 79.9. The first-order valence-corrected chi connectivity index (χ1v) is 3.85. The van der Waals surface area contributed by atoms with Crippen LogP contribution < -0.4 is 10.5 Å². The summed E-state index contributed by atoms with van der Waals surface area (Å²) in [5, 5.41) is 0. The van der Waals surface area contributed by atoms with Crippen LogP contribution in [0.4, 0.5) is 19.0 Å². The van der Waals surface area contributed by atoms with Gasteiger partial charge in [-0.05, 0) is 28.1 Å². The number of hydrogen-bond donors (Lipinski definition) is 1. The molecule has 0 saturated heterocycles. The van der Waals surface area contributed by atoms with Gasteiger partial charge >= 0.3 is 6.36 Å². The second-order valence-electron chi connectivity index (χ2n) is 2.07. The Morgan fingerprint density at radius 2 is 2.00 bits per heavy atom. The van der Waals surface area contributed by atoms with E-state index < -0.39 is 12.2 Å². The summed E-state index contributed by atoms with van der Waals surface area (Å²) in [5.41, 5.74) is 5.17. The Kier molecular flexibility index (Phi) is 2.65. The Hall–Kier alpha value is -0.980. The minimum absolute atomic E-state index is 0.0394. The largest absolute Gasteiger partial charge is 0.574 e. The Balaban J connectivity index is 2.94. The van der Waals surface area contributed by atoms with E-state index in [0.29, 0.717) is 0 Å². The fourth-order valence-electron chi connectivity index (χ4n) is 0.619. The molecule has 7 heteroatoms. The number of pyridine rings is 1. The van der Waals surface area contributed by atoms with Crippen LogP contribution in [-0.4, -0.2) is 11.3 Å². The average molecular weight is 257 g/mol. The van der Waals surface area contributed by atoms with Gasteiger partial charge < -0.3 is 10.5 Å². The third-order valence-corrected chi connectivity index (χ3v) is 1.65. The molecule has 72 valence electrons. The molecule has 0 radical (unpaired) electrons. The number of ether oxygens (including phenoxy) is 1. The van der Waals surface area contributed by atoms with E-state index in [4.69, 9.17) is 5.73 Å². The predicted octanol–water partition coefficient (Wildman–Crippen LogP) is 2.32. The molecule has 1 heterocycles. The maximum atomic E-state index is 11.7. The van der Waals surface area contributed by atoms with Crippen LogP contribution >= 0.6 is 15.9 Å². The van der Waals surface area contributed by atoms with Gasteiger partial charge in [-0.3, -0.25) is 0 Å². The zero-order chi connectivity index (χ0) is 10.1. The molecule has 0 spiro atoms. The molecule has 0 saturated carbocycles. The Morgan fingerprint density at radius 3 is 2.54 bits per heavy atom. The van der Waals surface area contributed by atoms with Crippen molar-refractivity contribution in [1.82, 2.24) is 4.98 Å². The van der Waals surface area contributed by atoms with Crippen molar-refractivity contribution in [1.29, 1.82) is 0 Å². The van der Waals surface area contributed by atoms with Crippen LogP contribution in [-0.2, 0) is 0 Å². The summed E-state index contributed by atoms with van der Waals surface area (Å²) in [4.78, 5) is 3.35. The maximum absolute atomic E-state index is 11.7. The van der Waals surface area contributed by atoms with E-state index in [1.54, 1.807) is 0 Å². The summed E-state index contributed by atoms with van der Waals surface area (Å²) in [6.07, 6.45) is -4.76. The number of nitrogen functional groups attached to an aromatic ring is 1. The number of nitrogens with two attached hydrogens (primary N) is 1. The van der Waals surface area contributed by atoms with Crippen molar-refractivity contribution < 1.29 is 17.9 Å². The molecule has 2 N–H and O–H groups in total. The normalized spacial score (nSPS) is 11.4. The highest BCUT2D eigenvalue weighted by Gasteiger charge is 2.32. The molecule has 0 unspecified atom stereocenters. The fourth-order valence-corrected chi connectivity index (χ4v) is 0.921. The summed E-state index contributed by atoms with van der Waals surface area (Å²) in [6, 6.07) is 2.68. The van der Waals surface area contributed by atoms with Gasteiger partial charge in [-0.25, -0.2) is 0 Å². The molecular formula is C6H4BrF3N2O. The van der Waals surface area contributed by atoms with Crippen LogP contribution in [0.3, 0.4) is 0 Å². The smallest absolute Gasteiger partial charge is 0.387 e. The van der Waals surface area contributed by atoms with Crippen LogP contribution in [0.1, 0.15) is 0 Å². The molecule has 1 rings (SSSR count). The maximum Gasteiger partial charge on any atom is 0.574 e. The van der Waals surface area contributed by atoms with Crippen molar-refractivity contribution in [2.75, 3.05) is 5.73 Å². The molecule has 0 aliphatic heterocycles. The van der Waals surface area contributed by atoms with Gasteiger partial charge in [0.2, 0.25) is 5.88 Å². The van der Waals surface area contributed by atoms with Crippen LogP contribution in [0, 0.1) is 0 Å². The molecular weight excluding hydrogens is 253 g/mol. The Morgan fingerprint density at radius 1 is 1.38 bits per heavy atom. The molecule has 0 amide bonds. The number of anilines is 1. The Bertz CT molecular complexity index is 315. The number of halogens is 4. The third kappa shape index (κ3) is 3.10. The van der Waals surface area contributed by atoms with E-state index in [2.05, 4.69) is 25.7 Å². The van der Waals surface area contributed by atoms with E-state index >= 15 is 0 Å². The monoisotopic (exact) mass is 256 g/mol. The van der Waals surface area contributed by atoms with Gasteiger partial charge in [-0.15, -0.1) is 13.2 Å². The van der Waals surface area contributed by atoms with Gasteiger partial charge in [0.05, 0.1) is 4.47 Å². The van der Waals surface area contributed by atoms with Gasteiger partial charge in [0.1, 0.15) is 5.82 Å². The van der Waals surface area contributed by atoms with Crippen LogP contribution in [0.25, 0.3) is 0 Å². The molecule has 1 aromatic heterocycles. The summed E-state index contributed by atoms with van der Waals surface area (Å²) in [5.74, 6) is -0.630. The minimum Gasteiger partial charge on any atom is -0.387 e. The highest BCUT2D eigenvalue weighted by molar-refractivity contribution is 9.10. The first-order valence-electron chi connectivity index (χ1n) is 3.06. The predicted molar refractivity (Wildman–Crippen MR) is 43.0 cm³/mol. The molecule has 0 fully saturated rings. The lowest BCUT2D eigenvalue weighted by Gasteiger charge is -2.09. The SMILES string of the molecule is Nc1ccc(Br)c(OC(F)(F)F)n1. The first kappa shape index (κ1) is 10.1. The summed E-state index contributed by atoms with van der Waals surface area (Å²) in [6.45, 7) is 0. The quantitative estimate of drug-likeness (QED) is 0.839. The van der Waals surface area contributed by atoms with Crippen molar-refractivity contribution in [3.63, 3.8) is 0 Å². The lowest BCUT2D eigenvalue weighted by molar-refractivity contribution is -0.276. The molecule has 0 aliphatic carbocycles. The standard InChI is InChI=1S/C6H4BrF3N2O/c7-3-1-2-4(11)12-5(3)13-6(8,9)10/h1-2H,(H2,11,12). The van der Waals surface area contributed by atoms with E-state index in [1.807, 2.05) is 0 Å². The summed E-state index contributed by atoms with van der Waals surface area (Å²) >= 11 is 2.84. The van der Waals surface area contributed by atoms with Crippen molar-refractivity contribution in [2.24, 2.45) is 0 Å². The molecule has 0 aromatic carbocycles. The summed E-state index contributed by atoms with van der Waals surface area (Å²) < 4.78 is 38.9. The molecule has 0 bridgehead atoms. The zero-order valence-electron chi connectivity index (χ0n) is 6.10. The summed E-state index contributed by atoms with van der Waals surface area (Å²) in [7, 11) is 0. The highest BCUT2D eigenvalue weighted by Crippen LogP contribution is 2.28. The number of aromatic nitrogens is 1. The lowest BCUT2D eigenvalue weighted by Crippen LogP contribution is -2.18. The molecule has 13 heavy (non-hydrogen) atoms. The number of hydrogen-bond acceptors (Lipinski definition) is 3. The molecule has 0 aliphatic rings. The first-order chi connectivity index (χ1) is 5.88. The number of nitrogens with zero attached hydrogens (tertiary/aromatic N) is 1. The van der Waals surface area contributed by atoms with Gasteiger partial charge in [0.15, 0.2) is 0 Å². The second kappa shape index (κ2) is 3.41. The topological polar surface area (TPSA) is 48.1 Å². The lowest BCUT2D eigenvalue weighted by atomic mass is 10.4. The number of rotatable bonds is 1. The van der Waals surface area contributed by atoms with E-state index in [0.717, 1.165) is 0 Å². The van der Waals surface area contributed by atoms with Crippen molar-refractivity contribution in [3.8, 4) is 5.88 Å². The third-order valence-electron chi connectivity index (χ3n) is 1.05. The minimum atomic E-state index is -4.76. The molecule has 1 aromatic rings. The van der Waals surface area contributed by atoms with Crippen LogP contribution in [0.5, 0.6) is 5.88 Å². The van der Waals surface area contributed by atoms with Gasteiger partial charge in [-0.2, -0.15) is 4.98 Å². The van der Waals surface area contributed by atoms with Gasteiger partial charge in [0.25, 0.3) is 0 Å². The van der Waals surface area contributed by atoms with Gasteiger partial charge in [-0.1, -0.05) is 0 Å².